The molecule has 2 aromatic carbocycles. The summed E-state index contributed by atoms with van der Waals surface area (Å²) in [6.07, 6.45) is 0.901. The highest BCUT2D eigenvalue weighted by atomic mass is 16.1. The number of nitrogens with one attached hydrogen (secondary N) is 1. The van der Waals surface area contributed by atoms with Crippen molar-refractivity contribution in [3.05, 3.63) is 65.7 Å². The van der Waals surface area contributed by atoms with Crippen molar-refractivity contribution in [1.29, 1.82) is 0 Å². The smallest absolute Gasteiger partial charge is 0.251 e. The first-order chi connectivity index (χ1) is 10.1. The predicted octanol–water partition coefficient (Wildman–Crippen LogP) is 3.79. The number of anilines is 1. The number of amides is 1. The van der Waals surface area contributed by atoms with E-state index >= 15 is 0 Å². The lowest BCUT2D eigenvalue weighted by Gasteiger charge is -2.21. The number of nitrogens with two attached hydrogens (primary N) is 1. The highest BCUT2D eigenvalue weighted by Crippen LogP contribution is 2.21. The molecule has 3 heteroatoms. The summed E-state index contributed by atoms with van der Waals surface area (Å²) >= 11 is 0. The SMILES string of the molecule is CC(C)CC(NC(=O)c1cccc(N)c1)c1ccccc1. The van der Waals surface area contributed by atoms with Crippen LogP contribution >= 0.6 is 0 Å². The van der Waals surface area contributed by atoms with Gasteiger partial charge in [-0.25, -0.2) is 0 Å². The Kier molecular flexibility index (Phi) is 4.99. The van der Waals surface area contributed by atoms with Crippen LogP contribution in [0, 0.1) is 5.92 Å². The monoisotopic (exact) mass is 282 g/mol. The van der Waals surface area contributed by atoms with Crippen molar-refractivity contribution in [3.8, 4) is 0 Å². The molecule has 0 aliphatic carbocycles. The van der Waals surface area contributed by atoms with Crippen LogP contribution in [0.15, 0.2) is 54.6 Å². The van der Waals surface area contributed by atoms with Gasteiger partial charge in [-0.1, -0.05) is 50.2 Å². The Balaban J connectivity index is 2.17. The van der Waals surface area contributed by atoms with Gasteiger partial charge >= 0.3 is 0 Å². The van der Waals surface area contributed by atoms with Crippen molar-refractivity contribution in [1.82, 2.24) is 5.32 Å². The zero-order valence-electron chi connectivity index (χ0n) is 12.5. The lowest BCUT2D eigenvalue weighted by atomic mass is 9.96. The van der Waals surface area contributed by atoms with E-state index in [1.54, 1.807) is 24.3 Å². The van der Waals surface area contributed by atoms with Gasteiger partial charge in [-0.2, -0.15) is 0 Å². The van der Waals surface area contributed by atoms with E-state index in [0.717, 1.165) is 12.0 Å². The van der Waals surface area contributed by atoms with Crippen molar-refractivity contribution in [2.45, 2.75) is 26.3 Å². The molecule has 2 aromatic rings. The molecule has 0 aliphatic rings. The summed E-state index contributed by atoms with van der Waals surface area (Å²) in [6, 6.07) is 17.1. The molecule has 2 rings (SSSR count). The van der Waals surface area contributed by atoms with E-state index in [1.165, 1.54) is 0 Å². The highest BCUT2D eigenvalue weighted by Gasteiger charge is 2.17. The maximum absolute atomic E-state index is 12.4. The standard InChI is InChI=1S/C18H22N2O/c1-13(2)11-17(14-7-4-3-5-8-14)20-18(21)15-9-6-10-16(19)12-15/h3-10,12-13,17H,11,19H2,1-2H3,(H,20,21). The average Bonchev–Trinajstić information content (AvgIpc) is 2.47. The second-order valence-corrected chi connectivity index (χ2v) is 5.69. The average molecular weight is 282 g/mol. The summed E-state index contributed by atoms with van der Waals surface area (Å²) in [5, 5.41) is 3.11. The Morgan fingerprint density at radius 3 is 2.43 bits per heavy atom. The molecule has 3 N–H and O–H groups in total. The van der Waals surface area contributed by atoms with Crippen molar-refractivity contribution in [2.24, 2.45) is 5.92 Å². The van der Waals surface area contributed by atoms with Gasteiger partial charge in [0.05, 0.1) is 6.04 Å². The fourth-order valence-electron chi connectivity index (χ4n) is 2.36. The van der Waals surface area contributed by atoms with Crippen LogP contribution in [0.2, 0.25) is 0 Å². The van der Waals surface area contributed by atoms with Crippen LogP contribution < -0.4 is 11.1 Å². The van der Waals surface area contributed by atoms with Crippen LogP contribution in [-0.4, -0.2) is 5.91 Å². The minimum Gasteiger partial charge on any atom is -0.399 e. The van der Waals surface area contributed by atoms with Crippen molar-refractivity contribution in [3.63, 3.8) is 0 Å². The molecule has 1 unspecified atom stereocenters. The van der Waals surface area contributed by atoms with E-state index in [0.29, 0.717) is 17.2 Å². The van der Waals surface area contributed by atoms with Gasteiger partial charge in [0.1, 0.15) is 0 Å². The fourth-order valence-corrected chi connectivity index (χ4v) is 2.36. The summed E-state index contributed by atoms with van der Waals surface area (Å²) in [4.78, 5) is 12.4. The summed E-state index contributed by atoms with van der Waals surface area (Å²) in [7, 11) is 0. The zero-order valence-corrected chi connectivity index (χ0v) is 12.5. The van der Waals surface area contributed by atoms with Gasteiger partial charge in [0, 0.05) is 11.3 Å². The van der Waals surface area contributed by atoms with Gasteiger partial charge in [0.25, 0.3) is 5.91 Å². The topological polar surface area (TPSA) is 55.1 Å². The lowest BCUT2D eigenvalue weighted by molar-refractivity contribution is 0.0932. The first-order valence-electron chi connectivity index (χ1n) is 7.27. The number of benzene rings is 2. The molecule has 0 spiro atoms. The van der Waals surface area contributed by atoms with E-state index in [4.69, 9.17) is 5.73 Å². The van der Waals surface area contributed by atoms with Crippen LogP contribution in [-0.2, 0) is 0 Å². The molecule has 21 heavy (non-hydrogen) atoms. The molecule has 0 saturated heterocycles. The predicted molar refractivity (Wildman–Crippen MR) is 87.0 cm³/mol. The molecule has 0 fully saturated rings. The van der Waals surface area contributed by atoms with Crippen LogP contribution in [0.3, 0.4) is 0 Å². The molecule has 0 radical (unpaired) electrons. The normalized spacial score (nSPS) is 12.1. The Morgan fingerprint density at radius 1 is 1.10 bits per heavy atom. The second-order valence-electron chi connectivity index (χ2n) is 5.69. The molecule has 0 aromatic heterocycles. The Hall–Kier alpha value is -2.29. The van der Waals surface area contributed by atoms with Gasteiger partial charge in [-0.3, -0.25) is 4.79 Å². The molecule has 0 aliphatic heterocycles. The number of rotatable bonds is 5. The minimum absolute atomic E-state index is 0.0140. The van der Waals surface area contributed by atoms with E-state index in [-0.39, 0.29) is 11.9 Å². The zero-order chi connectivity index (χ0) is 15.2. The third-order valence-corrected chi connectivity index (χ3v) is 3.36. The Labute approximate surface area is 126 Å². The van der Waals surface area contributed by atoms with E-state index < -0.39 is 0 Å². The van der Waals surface area contributed by atoms with E-state index in [2.05, 4.69) is 19.2 Å². The van der Waals surface area contributed by atoms with Crippen molar-refractivity contribution < 1.29 is 4.79 Å². The molecular formula is C18H22N2O. The molecule has 0 saturated carbocycles. The molecule has 110 valence electrons. The quantitative estimate of drug-likeness (QED) is 0.820. The van der Waals surface area contributed by atoms with Crippen molar-refractivity contribution in [2.75, 3.05) is 5.73 Å². The Bertz CT molecular complexity index is 593. The summed E-state index contributed by atoms with van der Waals surface area (Å²) in [5.41, 5.74) is 8.06. The van der Waals surface area contributed by atoms with Crippen LogP contribution in [0.5, 0.6) is 0 Å². The number of hydrogen-bond donors (Lipinski definition) is 2. The maximum atomic E-state index is 12.4. The summed E-state index contributed by atoms with van der Waals surface area (Å²) < 4.78 is 0. The van der Waals surface area contributed by atoms with E-state index in [9.17, 15) is 4.79 Å². The molecule has 1 atom stereocenters. The third-order valence-electron chi connectivity index (χ3n) is 3.36. The van der Waals surface area contributed by atoms with Gasteiger partial charge in [-0.05, 0) is 36.1 Å². The van der Waals surface area contributed by atoms with Crippen LogP contribution in [0.25, 0.3) is 0 Å². The van der Waals surface area contributed by atoms with Gasteiger partial charge < -0.3 is 11.1 Å². The minimum atomic E-state index is -0.0863. The number of carbonyl (C=O) groups is 1. The fraction of sp³-hybridized carbons (Fsp3) is 0.278. The van der Waals surface area contributed by atoms with Crippen LogP contribution in [0.1, 0.15) is 42.2 Å². The van der Waals surface area contributed by atoms with Gasteiger partial charge in [-0.15, -0.1) is 0 Å². The van der Waals surface area contributed by atoms with Crippen LogP contribution in [0.4, 0.5) is 5.69 Å². The first kappa shape index (κ1) is 15.1. The molecular weight excluding hydrogens is 260 g/mol. The number of nitrogen functional groups attached to an aromatic ring is 1. The summed E-state index contributed by atoms with van der Waals surface area (Å²) in [6.45, 7) is 4.31. The molecule has 3 nitrogen and oxygen atoms in total. The van der Waals surface area contributed by atoms with E-state index in [1.807, 2.05) is 30.3 Å². The summed E-state index contributed by atoms with van der Waals surface area (Å²) in [5.74, 6) is 0.410. The second kappa shape index (κ2) is 6.93. The molecule has 1 amide bonds. The lowest BCUT2D eigenvalue weighted by Crippen LogP contribution is -2.29. The Morgan fingerprint density at radius 2 is 1.81 bits per heavy atom. The number of hydrogen-bond acceptors (Lipinski definition) is 2. The molecule has 0 heterocycles. The molecule has 0 bridgehead atoms. The first-order valence-corrected chi connectivity index (χ1v) is 7.27. The third kappa shape index (κ3) is 4.35. The van der Waals surface area contributed by atoms with Gasteiger partial charge in [0.15, 0.2) is 0 Å². The highest BCUT2D eigenvalue weighted by molar-refractivity contribution is 5.95. The maximum Gasteiger partial charge on any atom is 0.251 e. The van der Waals surface area contributed by atoms with Gasteiger partial charge in [0.2, 0.25) is 0 Å². The number of carbonyl (C=O) groups excluding carboxylic acids is 1. The largest absolute Gasteiger partial charge is 0.399 e. The van der Waals surface area contributed by atoms with Crippen molar-refractivity contribution >= 4 is 11.6 Å².